The first-order valence-electron chi connectivity index (χ1n) is 7.71. The molecule has 0 heterocycles. The van der Waals surface area contributed by atoms with E-state index >= 15 is 0 Å². The Morgan fingerprint density at radius 3 is 2.55 bits per heavy atom. The lowest BCUT2D eigenvalue weighted by Gasteiger charge is -2.19. The Bertz CT molecular complexity index is 415. The van der Waals surface area contributed by atoms with Gasteiger partial charge in [0.25, 0.3) is 0 Å². The van der Waals surface area contributed by atoms with E-state index in [0.717, 1.165) is 30.4 Å². The van der Waals surface area contributed by atoms with Gasteiger partial charge in [-0.05, 0) is 49.4 Å². The molecular formula is C17H27NO2. The standard InChI is InChI=1S/C17H27NO2/c1-4-9-18-15(10-13-5-6-13)11-14-7-8-16(19-2)17(12-14)20-3/h7-8,12-13,15,18H,4-6,9-11H2,1-3H3. The van der Waals surface area contributed by atoms with Crippen molar-refractivity contribution in [2.45, 2.75) is 45.1 Å². The van der Waals surface area contributed by atoms with Crippen molar-refractivity contribution >= 4 is 0 Å². The summed E-state index contributed by atoms with van der Waals surface area (Å²) in [6.45, 7) is 3.32. The molecule has 2 rings (SSSR count). The van der Waals surface area contributed by atoms with Crippen molar-refractivity contribution in [3.8, 4) is 11.5 Å². The second-order valence-corrected chi connectivity index (χ2v) is 5.72. The Morgan fingerprint density at radius 1 is 1.20 bits per heavy atom. The molecule has 1 atom stereocenters. The number of nitrogens with one attached hydrogen (secondary N) is 1. The van der Waals surface area contributed by atoms with Gasteiger partial charge in [-0.2, -0.15) is 0 Å². The van der Waals surface area contributed by atoms with Crippen molar-refractivity contribution < 1.29 is 9.47 Å². The van der Waals surface area contributed by atoms with Gasteiger partial charge in [-0.25, -0.2) is 0 Å². The summed E-state index contributed by atoms with van der Waals surface area (Å²) in [4.78, 5) is 0. The fourth-order valence-electron chi connectivity index (χ4n) is 2.64. The predicted molar refractivity (Wildman–Crippen MR) is 82.7 cm³/mol. The first-order chi connectivity index (χ1) is 9.76. The van der Waals surface area contributed by atoms with Crippen molar-refractivity contribution in [1.82, 2.24) is 5.32 Å². The molecule has 1 aliphatic rings. The topological polar surface area (TPSA) is 30.5 Å². The predicted octanol–water partition coefficient (Wildman–Crippen LogP) is 3.41. The van der Waals surface area contributed by atoms with Gasteiger partial charge in [0.15, 0.2) is 11.5 Å². The van der Waals surface area contributed by atoms with Gasteiger partial charge in [-0.1, -0.05) is 25.8 Å². The van der Waals surface area contributed by atoms with E-state index in [-0.39, 0.29) is 0 Å². The van der Waals surface area contributed by atoms with Crippen molar-refractivity contribution in [3.63, 3.8) is 0 Å². The van der Waals surface area contributed by atoms with E-state index in [1.807, 2.05) is 6.07 Å². The SMILES string of the molecule is CCCNC(Cc1ccc(OC)c(OC)c1)CC1CC1. The molecule has 1 unspecified atom stereocenters. The highest BCUT2D eigenvalue weighted by molar-refractivity contribution is 5.43. The zero-order valence-corrected chi connectivity index (χ0v) is 12.9. The zero-order chi connectivity index (χ0) is 14.4. The molecule has 1 N–H and O–H groups in total. The highest BCUT2D eigenvalue weighted by atomic mass is 16.5. The molecule has 0 radical (unpaired) electrons. The molecule has 20 heavy (non-hydrogen) atoms. The van der Waals surface area contributed by atoms with Gasteiger partial charge in [0.1, 0.15) is 0 Å². The molecule has 1 aliphatic carbocycles. The minimum absolute atomic E-state index is 0.584. The summed E-state index contributed by atoms with van der Waals surface area (Å²) < 4.78 is 10.7. The van der Waals surface area contributed by atoms with Crippen LogP contribution in [-0.2, 0) is 6.42 Å². The molecule has 0 aliphatic heterocycles. The summed E-state index contributed by atoms with van der Waals surface area (Å²) in [5, 5.41) is 3.68. The smallest absolute Gasteiger partial charge is 0.160 e. The number of ether oxygens (including phenoxy) is 2. The lowest BCUT2D eigenvalue weighted by atomic mass is 10.0. The van der Waals surface area contributed by atoms with Crippen LogP contribution in [0.15, 0.2) is 18.2 Å². The van der Waals surface area contributed by atoms with E-state index in [0.29, 0.717) is 6.04 Å². The second kappa shape index (κ2) is 7.53. The van der Waals surface area contributed by atoms with Gasteiger partial charge in [0.05, 0.1) is 14.2 Å². The molecular weight excluding hydrogens is 250 g/mol. The first-order valence-corrected chi connectivity index (χ1v) is 7.71. The maximum atomic E-state index is 5.39. The number of benzene rings is 1. The number of rotatable bonds is 9. The lowest BCUT2D eigenvalue weighted by Crippen LogP contribution is -2.32. The third-order valence-electron chi connectivity index (χ3n) is 3.93. The van der Waals surface area contributed by atoms with Crippen LogP contribution >= 0.6 is 0 Å². The molecule has 1 aromatic rings. The Morgan fingerprint density at radius 2 is 1.95 bits per heavy atom. The van der Waals surface area contributed by atoms with Crippen LogP contribution in [0.5, 0.6) is 11.5 Å². The largest absolute Gasteiger partial charge is 0.493 e. The van der Waals surface area contributed by atoms with Crippen LogP contribution in [0.25, 0.3) is 0 Å². The van der Waals surface area contributed by atoms with E-state index < -0.39 is 0 Å². The molecule has 0 amide bonds. The van der Waals surface area contributed by atoms with Crippen LogP contribution in [-0.4, -0.2) is 26.8 Å². The van der Waals surface area contributed by atoms with Gasteiger partial charge in [-0.3, -0.25) is 0 Å². The van der Waals surface area contributed by atoms with Crippen LogP contribution in [0.3, 0.4) is 0 Å². The lowest BCUT2D eigenvalue weighted by molar-refractivity contribution is 0.354. The van der Waals surface area contributed by atoms with Gasteiger partial charge in [0.2, 0.25) is 0 Å². The molecule has 0 aromatic heterocycles. The summed E-state index contributed by atoms with van der Waals surface area (Å²) in [6.07, 6.45) is 6.38. The van der Waals surface area contributed by atoms with Crippen LogP contribution in [0, 0.1) is 5.92 Å². The zero-order valence-electron chi connectivity index (χ0n) is 12.9. The number of hydrogen-bond donors (Lipinski definition) is 1. The summed E-state index contributed by atoms with van der Waals surface area (Å²) in [5.41, 5.74) is 1.32. The normalized spacial score (nSPS) is 15.9. The molecule has 3 nitrogen and oxygen atoms in total. The average Bonchev–Trinajstić information content (AvgIpc) is 3.28. The van der Waals surface area contributed by atoms with Gasteiger partial charge >= 0.3 is 0 Å². The summed E-state index contributed by atoms with van der Waals surface area (Å²) in [5.74, 6) is 2.58. The van der Waals surface area contributed by atoms with E-state index in [2.05, 4.69) is 24.4 Å². The van der Waals surface area contributed by atoms with E-state index in [4.69, 9.17) is 9.47 Å². The Labute approximate surface area is 122 Å². The summed E-state index contributed by atoms with van der Waals surface area (Å²) >= 11 is 0. The Hall–Kier alpha value is -1.22. The second-order valence-electron chi connectivity index (χ2n) is 5.72. The van der Waals surface area contributed by atoms with E-state index in [1.165, 1.54) is 31.2 Å². The molecule has 0 saturated heterocycles. The van der Waals surface area contributed by atoms with Gasteiger partial charge < -0.3 is 14.8 Å². The average molecular weight is 277 g/mol. The fourth-order valence-corrected chi connectivity index (χ4v) is 2.64. The molecule has 1 fully saturated rings. The van der Waals surface area contributed by atoms with Crippen molar-refractivity contribution in [1.29, 1.82) is 0 Å². The maximum absolute atomic E-state index is 5.39. The number of methoxy groups -OCH3 is 2. The summed E-state index contributed by atoms with van der Waals surface area (Å²) in [6, 6.07) is 6.84. The van der Waals surface area contributed by atoms with E-state index in [1.54, 1.807) is 14.2 Å². The molecule has 0 bridgehead atoms. The van der Waals surface area contributed by atoms with Crippen molar-refractivity contribution in [3.05, 3.63) is 23.8 Å². The van der Waals surface area contributed by atoms with Crippen molar-refractivity contribution in [2.24, 2.45) is 5.92 Å². The minimum atomic E-state index is 0.584. The minimum Gasteiger partial charge on any atom is -0.493 e. The monoisotopic (exact) mass is 277 g/mol. The Kier molecular flexibility index (Phi) is 5.72. The third kappa shape index (κ3) is 4.41. The van der Waals surface area contributed by atoms with Crippen molar-refractivity contribution in [2.75, 3.05) is 20.8 Å². The molecule has 0 spiro atoms. The van der Waals surface area contributed by atoms with Crippen LogP contribution in [0.2, 0.25) is 0 Å². The molecule has 3 heteroatoms. The third-order valence-corrected chi connectivity index (χ3v) is 3.93. The van der Waals surface area contributed by atoms with Gasteiger partial charge in [0, 0.05) is 6.04 Å². The molecule has 1 aromatic carbocycles. The number of hydrogen-bond acceptors (Lipinski definition) is 3. The molecule has 112 valence electrons. The van der Waals surface area contributed by atoms with E-state index in [9.17, 15) is 0 Å². The fraction of sp³-hybridized carbons (Fsp3) is 0.647. The Balaban J connectivity index is 2.00. The first kappa shape index (κ1) is 15.2. The van der Waals surface area contributed by atoms with Gasteiger partial charge in [-0.15, -0.1) is 0 Å². The maximum Gasteiger partial charge on any atom is 0.160 e. The summed E-state index contributed by atoms with van der Waals surface area (Å²) in [7, 11) is 3.37. The molecule has 1 saturated carbocycles. The highest BCUT2D eigenvalue weighted by Gasteiger charge is 2.25. The van der Waals surface area contributed by atoms with Crippen LogP contribution in [0.4, 0.5) is 0 Å². The van der Waals surface area contributed by atoms with Crippen LogP contribution in [0.1, 0.15) is 38.2 Å². The quantitative estimate of drug-likeness (QED) is 0.750. The van der Waals surface area contributed by atoms with Crippen LogP contribution < -0.4 is 14.8 Å². The highest BCUT2D eigenvalue weighted by Crippen LogP contribution is 2.34.